The van der Waals surface area contributed by atoms with Gasteiger partial charge in [0.05, 0.1) is 15.9 Å². The third-order valence-electron chi connectivity index (χ3n) is 0.669. The monoisotopic (exact) mass is 163 g/mol. The molecule has 1 atom stereocenters. The molecule has 0 aromatic heterocycles. The van der Waals surface area contributed by atoms with E-state index in [0.717, 1.165) is 0 Å². The van der Waals surface area contributed by atoms with Gasteiger partial charge in [-0.3, -0.25) is 9.59 Å². The van der Waals surface area contributed by atoms with Crippen molar-refractivity contribution in [3.05, 3.63) is 0 Å². The molecule has 0 bridgehead atoms. The number of carbonyl (C=O) groups excluding carboxylic acids is 3. The third-order valence-corrected chi connectivity index (χ3v) is 0.884. The molecule has 56 valence electrons. The van der Waals surface area contributed by atoms with Crippen molar-refractivity contribution in [3.63, 3.8) is 0 Å². The van der Waals surface area contributed by atoms with Crippen LogP contribution in [0.5, 0.6) is 0 Å². The van der Waals surface area contributed by atoms with Gasteiger partial charge >= 0.3 is 5.97 Å². The first-order chi connectivity index (χ1) is 4.57. The predicted molar refractivity (Wildman–Crippen MR) is 34.6 cm³/mol. The summed E-state index contributed by atoms with van der Waals surface area (Å²) in [6, 6.07) is 0. The number of nitrogens with two attached hydrogens (primary N) is 1. The Bertz CT molecular complexity index is 178. The van der Waals surface area contributed by atoms with Gasteiger partial charge in [0, 0.05) is 0 Å². The molecule has 0 aromatic carbocycles. The van der Waals surface area contributed by atoms with E-state index in [1.54, 1.807) is 9.47 Å². The zero-order valence-corrected chi connectivity index (χ0v) is 6.15. The van der Waals surface area contributed by atoms with Gasteiger partial charge in [-0.1, -0.05) is 0 Å². The number of hydrogen-bond donors (Lipinski definition) is 1. The van der Waals surface area contributed by atoms with Crippen LogP contribution in [0.1, 0.15) is 6.42 Å². The molecule has 0 aromatic rings. The van der Waals surface area contributed by atoms with Crippen LogP contribution in [0.3, 0.4) is 0 Å². The summed E-state index contributed by atoms with van der Waals surface area (Å²) < 4.78 is 3.93. The standard InChI is InChI=1S/C4H6NO4P/c5-3(7)1-2(6)4(8)9-10/h1,10H2,(H2,5,7). The second-order valence-corrected chi connectivity index (χ2v) is 1.71. The quantitative estimate of drug-likeness (QED) is 0.320. The Balaban J connectivity index is 3.86. The molecule has 0 aliphatic rings. The fourth-order valence-corrected chi connectivity index (χ4v) is 0.428. The second kappa shape index (κ2) is 3.95. The summed E-state index contributed by atoms with van der Waals surface area (Å²) in [5, 5.41) is 0. The van der Waals surface area contributed by atoms with E-state index < -0.39 is 24.1 Å². The lowest BCUT2D eigenvalue weighted by atomic mass is 10.3. The maximum atomic E-state index is 10.4. The third kappa shape index (κ3) is 3.14. The Labute approximate surface area is 59.2 Å². The minimum Gasteiger partial charge on any atom is -0.446 e. The van der Waals surface area contributed by atoms with Gasteiger partial charge in [0.25, 0.3) is 0 Å². The van der Waals surface area contributed by atoms with Crippen LogP contribution >= 0.6 is 9.47 Å². The highest BCUT2D eigenvalue weighted by Gasteiger charge is 2.15. The van der Waals surface area contributed by atoms with Gasteiger partial charge in [-0.15, -0.1) is 0 Å². The molecule has 0 spiro atoms. The molecular formula is C4H6NO4P. The summed E-state index contributed by atoms with van der Waals surface area (Å²) >= 11 is 0. The Morgan fingerprint density at radius 2 is 1.90 bits per heavy atom. The van der Waals surface area contributed by atoms with Gasteiger partial charge in [0.2, 0.25) is 11.7 Å². The van der Waals surface area contributed by atoms with E-state index in [2.05, 4.69) is 10.3 Å². The summed E-state index contributed by atoms with van der Waals surface area (Å²) in [7, 11) is 1.60. The summed E-state index contributed by atoms with van der Waals surface area (Å²) in [5.74, 6) is -2.87. The number of amides is 1. The fourth-order valence-electron chi connectivity index (χ4n) is 0.296. The predicted octanol–water partition coefficient (Wildman–Crippen LogP) is -1.24. The average Bonchev–Trinajstić information content (AvgIpc) is 1.85. The first-order valence-electron chi connectivity index (χ1n) is 2.30. The average molecular weight is 163 g/mol. The summed E-state index contributed by atoms with van der Waals surface area (Å²) in [6.07, 6.45) is -0.604. The van der Waals surface area contributed by atoms with Crippen LogP contribution in [0.4, 0.5) is 0 Å². The van der Waals surface area contributed by atoms with Crippen LogP contribution in [0.25, 0.3) is 0 Å². The minimum absolute atomic E-state index is 0.604. The topological polar surface area (TPSA) is 86.5 Å². The number of ketones is 1. The number of carbonyl (C=O) groups is 3. The van der Waals surface area contributed by atoms with E-state index in [1.807, 2.05) is 0 Å². The SMILES string of the molecule is NC(=O)CC(=O)C(=O)OP. The number of rotatable bonds is 3. The highest BCUT2D eigenvalue weighted by molar-refractivity contribution is 7.11. The van der Waals surface area contributed by atoms with Crippen molar-refractivity contribution >= 4 is 27.1 Å². The normalized spacial score (nSPS) is 8.50. The van der Waals surface area contributed by atoms with Crippen molar-refractivity contribution < 1.29 is 18.9 Å². The van der Waals surface area contributed by atoms with Crippen LogP contribution in [0, 0.1) is 0 Å². The maximum Gasteiger partial charge on any atom is 0.377 e. The molecule has 0 saturated heterocycles. The number of hydrogen-bond acceptors (Lipinski definition) is 4. The minimum atomic E-state index is -1.08. The van der Waals surface area contributed by atoms with E-state index in [4.69, 9.17) is 0 Å². The highest BCUT2D eigenvalue weighted by Crippen LogP contribution is 1.91. The molecule has 1 amide bonds. The van der Waals surface area contributed by atoms with Gasteiger partial charge in [-0.25, -0.2) is 4.79 Å². The number of primary amides is 1. The Morgan fingerprint density at radius 1 is 1.40 bits per heavy atom. The molecule has 10 heavy (non-hydrogen) atoms. The van der Waals surface area contributed by atoms with E-state index in [-0.39, 0.29) is 0 Å². The molecule has 0 saturated carbocycles. The van der Waals surface area contributed by atoms with Crippen LogP contribution in [0.2, 0.25) is 0 Å². The fraction of sp³-hybridized carbons (Fsp3) is 0.250. The Kier molecular flexibility index (Phi) is 3.57. The molecule has 0 aliphatic carbocycles. The number of Topliss-reactive ketones (excluding diaryl/α,β-unsaturated/α-hetero) is 1. The molecule has 0 fully saturated rings. The van der Waals surface area contributed by atoms with Crippen LogP contribution in [0.15, 0.2) is 0 Å². The summed E-state index contributed by atoms with van der Waals surface area (Å²) in [5.41, 5.74) is 4.61. The highest BCUT2D eigenvalue weighted by atomic mass is 31.0. The molecule has 6 heteroatoms. The summed E-state index contributed by atoms with van der Waals surface area (Å²) in [6.45, 7) is 0. The molecule has 0 radical (unpaired) electrons. The van der Waals surface area contributed by atoms with E-state index in [1.165, 1.54) is 0 Å². The molecule has 0 aliphatic heterocycles. The van der Waals surface area contributed by atoms with Crippen LogP contribution < -0.4 is 5.73 Å². The van der Waals surface area contributed by atoms with Crippen molar-refractivity contribution in [2.45, 2.75) is 6.42 Å². The Hall–Kier alpha value is -0.960. The van der Waals surface area contributed by atoms with E-state index in [9.17, 15) is 14.4 Å². The lowest BCUT2D eigenvalue weighted by Crippen LogP contribution is -2.22. The van der Waals surface area contributed by atoms with Gasteiger partial charge in [0.1, 0.15) is 0 Å². The van der Waals surface area contributed by atoms with Crippen molar-refractivity contribution in [1.82, 2.24) is 0 Å². The van der Waals surface area contributed by atoms with Gasteiger partial charge in [0.15, 0.2) is 0 Å². The largest absolute Gasteiger partial charge is 0.446 e. The van der Waals surface area contributed by atoms with Crippen molar-refractivity contribution in [1.29, 1.82) is 0 Å². The van der Waals surface area contributed by atoms with E-state index in [0.29, 0.717) is 0 Å². The molecule has 5 nitrogen and oxygen atoms in total. The Morgan fingerprint density at radius 3 is 2.20 bits per heavy atom. The van der Waals surface area contributed by atoms with Crippen LogP contribution in [-0.4, -0.2) is 17.7 Å². The first-order valence-corrected chi connectivity index (χ1v) is 2.77. The molecular weight excluding hydrogens is 157 g/mol. The zero-order valence-electron chi connectivity index (χ0n) is 4.99. The smallest absolute Gasteiger partial charge is 0.377 e. The first kappa shape index (κ1) is 9.04. The second-order valence-electron chi connectivity index (χ2n) is 1.47. The van der Waals surface area contributed by atoms with Crippen molar-refractivity contribution in [3.8, 4) is 0 Å². The van der Waals surface area contributed by atoms with Crippen molar-refractivity contribution in [2.24, 2.45) is 5.73 Å². The molecule has 2 N–H and O–H groups in total. The van der Waals surface area contributed by atoms with Gasteiger partial charge in [-0.2, -0.15) is 0 Å². The molecule has 0 heterocycles. The van der Waals surface area contributed by atoms with Gasteiger partial charge < -0.3 is 10.3 Å². The lowest BCUT2D eigenvalue weighted by molar-refractivity contribution is -0.147. The molecule has 0 rings (SSSR count). The lowest BCUT2D eigenvalue weighted by Gasteiger charge is -1.92. The van der Waals surface area contributed by atoms with E-state index >= 15 is 0 Å². The van der Waals surface area contributed by atoms with Crippen LogP contribution in [-0.2, 0) is 18.9 Å². The summed E-state index contributed by atoms with van der Waals surface area (Å²) in [4.78, 5) is 30.7. The van der Waals surface area contributed by atoms with Gasteiger partial charge in [-0.05, 0) is 0 Å². The van der Waals surface area contributed by atoms with Crippen molar-refractivity contribution in [2.75, 3.05) is 0 Å². The molecule has 1 unspecified atom stereocenters. The maximum absolute atomic E-state index is 10.4. The zero-order chi connectivity index (χ0) is 8.15.